The molecule has 1 N–H and O–H groups in total. The summed E-state index contributed by atoms with van der Waals surface area (Å²) in [6.07, 6.45) is 1.18. The summed E-state index contributed by atoms with van der Waals surface area (Å²) in [6, 6.07) is 1.67. The van der Waals surface area contributed by atoms with Crippen LogP contribution in [0.5, 0.6) is 0 Å². The lowest BCUT2D eigenvalue weighted by Crippen LogP contribution is -2.37. The van der Waals surface area contributed by atoms with Gasteiger partial charge in [0.1, 0.15) is 11.6 Å². The summed E-state index contributed by atoms with van der Waals surface area (Å²) in [7, 11) is -3.95. The van der Waals surface area contributed by atoms with Crippen molar-refractivity contribution in [3.05, 3.63) is 29.8 Å². The number of sulfonamides is 1. The molecule has 0 spiro atoms. The maximum Gasteiger partial charge on any atom is 0.243 e. The minimum absolute atomic E-state index is 0.256. The molecule has 1 atom stereocenters. The van der Waals surface area contributed by atoms with Crippen molar-refractivity contribution in [2.75, 3.05) is 13.2 Å². The predicted octanol–water partition coefficient (Wildman–Crippen LogP) is 1.11. The third-order valence-electron chi connectivity index (χ3n) is 2.98. The zero-order valence-electron chi connectivity index (χ0n) is 9.51. The number of aliphatic hydroxyl groups excluding tert-OH is 1. The molecular weight excluding hydrogens is 264 g/mol. The first-order chi connectivity index (χ1) is 8.45. The Morgan fingerprint density at radius 2 is 1.89 bits per heavy atom. The highest BCUT2D eigenvalue weighted by Gasteiger charge is 2.35. The van der Waals surface area contributed by atoms with Crippen LogP contribution >= 0.6 is 0 Å². The van der Waals surface area contributed by atoms with Gasteiger partial charge in [-0.2, -0.15) is 4.31 Å². The molecule has 0 aromatic heterocycles. The molecule has 1 saturated heterocycles. The Labute approximate surface area is 104 Å². The van der Waals surface area contributed by atoms with E-state index in [0.717, 1.165) is 16.4 Å². The van der Waals surface area contributed by atoms with E-state index < -0.39 is 32.6 Å². The molecule has 2 rings (SSSR count). The van der Waals surface area contributed by atoms with E-state index in [0.29, 0.717) is 18.9 Å². The smallest absolute Gasteiger partial charge is 0.243 e. The van der Waals surface area contributed by atoms with Crippen LogP contribution in [0.4, 0.5) is 8.78 Å². The molecule has 1 heterocycles. The summed E-state index contributed by atoms with van der Waals surface area (Å²) >= 11 is 0. The van der Waals surface area contributed by atoms with Crippen LogP contribution in [0.25, 0.3) is 0 Å². The summed E-state index contributed by atoms with van der Waals surface area (Å²) in [5.41, 5.74) is 0. The van der Waals surface area contributed by atoms with E-state index in [2.05, 4.69) is 0 Å². The van der Waals surface area contributed by atoms with Gasteiger partial charge < -0.3 is 5.11 Å². The highest BCUT2D eigenvalue weighted by atomic mass is 32.2. The summed E-state index contributed by atoms with van der Waals surface area (Å²) in [5.74, 6) is -1.87. The average molecular weight is 277 g/mol. The number of aliphatic hydroxyl groups is 1. The molecule has 7 heteroatoms. The average Bonchev–Trinajstić information content (AvgIpc) is 2.76. The number of hydrogen-bond donors (Lipinski definition) is 1. The van der Waals surface area contributed by atoms with Gasteiger partial charge in [0.05, 0.1) is 11.5 Å². The third-order valence-corrected chi connectivity index (χ3v) is 4.91. The second kappa shape index (κ2) is 4.91. The molecule has 0 saturated carbocycles. The van der Waals surface area contributed by atoms with Gasteiger partial charge in [0.25, 0.3) is 0 Å². The molecule has 100 valence electrons. The van der Waals surface area contributed by atoms with Crippen LogP contribution in [-0.2, 0) is 10.0 Å². The number of hydrogen-bond acceptors (Lipinski definition) is 3. The Morgan fingerprint density at radius 1 is 1.28 bits per heavy atom. The van der Waals surface area contributed by atoms with E-state index in [4.69, 9.17) is 5.11 Å². The molecule has 1 aromatic carbocycles. The van der Waals surface area contributed by atoms with Gasteiger partial charge in [0.2, 0.25) is 10.0 Å². The first-order valence-corrected chi connectivity index (χ1v) is 6.98. The Kier molecular flexibility index (Phi) is 3.65. The van der Waals surface area contributed by atoms with Crippen LogP contribution in [0.15, 0.2) is 23.1 Å². The van der Waals surface area contributed by atoms with Crippen molar-refractivity contribution in [2.45, 2.75) is 23.8 Å². The van der Waals surface area contributed by atoms with Crippen LogP contribution in [0.3, 0.4) is 0 Å². The first-order valence-electron chi connectivity index (χ1n) is 5.54. The van der Waals surface area contributed by atoms with Gasteiger partial charge in [-0.15, -0.1) is 0 Å². The van der Waals surface area contributed by atoms with Gasteiger partial charge in [0.15, 0.2) is 0 Å². The third kappa shape index (κ3) is 2.38. The lowest BCUT2D eigenvalue weighted by atomic mass is 10.2. The van der Waals surface area contributed by atoms with E-state index in [9.17, 15) is 17.2 Å². The maximum atomic E-state index is 13.1. The Balaban J connectivity index is 2.41. The van der Waals surface area contributed by atoms with Crippen LogP contribution in [-0.4, -0.2) is 37.0 Å². The monoisotopic (exact) mass is 277 g/mol. The Bertz CT molecular complexity index is 527. The van der Waals surface area contributed by atoms with E-state index >= 15 is 0 Å². The van der Waals surface area contributed by atoms with E-state index in [1.807, 2.05) is 0 Å². The van der Waals surface area contributed by atoms with Crippen molar-refractivity contribution in [3.8, 4) is 0 Å². The van der Waals surface area contributed by atoms with E-state index in [-0.39, 0.29) is 13.2 Å². The van der Waals surface area contributed by atoms with Gasteiger partial charge >= 0.3 is 0 Å². The van der Waals surface area contributed by atoms with Crippen molar-refractivity contribution in [2.24, 2.45) is 0 Å². The predicted molar refractivity (Wildman–Crippen MR) is 60.4 cm³/mol. The maximum absolute atomic E-state index is 13.1. The fourth-order valence-corrected chi connectivity index (χ4v) is 3.85. The molecule has 4 nitrogen and oxygen atoms in total. The summed E-state index contributed by atoms with van der Waals surface area (Å²) in [5, 5.41) is 9.10. The largest absolute Gasteiger partial charge is 0.395 e. The zero-order chi connectivity index (χ0) is 13.3. The highest BCUT2D eigenvalue weighted by molar-refractivity contribution is 7.89. The standard InChI is InChI=1S/C11H13F2NO3S/c12-8-4-9(13)6-11(5-8)18(16,17)14-3-1-2-10(14)7-15/h4-6,10,15H,1-3,7H2/t10-/m0/s1. The summed E-state index contributed by atoms with van der Waals surface area (Å²) in [4.78, 5) is -0.416. The second-order valence-corrected chi connectivity index (χ2v) is 6.09. The molecule has 18 heavy (non-hydrogen) atoms. The van der Waals surface area contributed by atoms with Crippen molar-refractivity contribution in [1.82, 2.24) is 4.31 Å². The number of nitrogens with zero attached hydrogens (tertiary/aromatic N) is 1. The van der Waals surface area contributed by atoms with Crippen LogP contribution in [0.1, 0.15) is 12.8 Å². The molecule has 1 aromatic rings. The van der Waals surface area contributed by atoms with Crippen LogP contribution in [0.2, 0.25) is 0 Å². The van der Waals surface area contributed by atoms with Gasteiger partial charge in [-0.1, -0.05) is 0 Å². The van der Waals surface area contributed by atoms with E-state index in [1.165, 1.54) is 0 Å². The molecule has 1 fully saturated rings. The normalized spacial score (nSPS) is 21.4. The van der Waals surface area contributed by atoms with Crippen LogP contribution in [0, 0.1) is 11.6 Å². The topological polar surface area (TPSA) is 57.6 Å². The number of rotatable bonds is 3. The Morgan fingerprint density at radius 3 is 2.44 bits per heavy atom. The van der Waals surface area contributed by atoms with Crippen molar-refractivity contribution < 1.29 is 22.3 Å². The molecule has 1 aliphatic rings. The fourth-order valence-electron chi connectivity index (χ4n) is 2.12. The van der Waals surface area contributed by atoms with Gasteiger partial charge in [-0.05, 0) is 25.0 Å². The Hall–Kier alpha value is -1.05. The minimum atomic E-state index is -3.95. The first kappa shape index (κ1) is 13.4. The minimum Gasteiger partial charge on any atom is -0.395 e. The van der Waals surface area contributed by atoms with E-state index in [1.54, 1.807) is 0 Å². The van der Waals surface area contributed by atoms with Crippen molar-refractivity contribution in [1.29, 1.82) is 0 Å². The lowest BCUT2D eigenvalue weighted by Gasteiger charge is -2.22. The summed E-state index contributed by atoms with van der Waals surface area (Å²) in [6.45, 7) is -0.0390. The molecule has 1 aliphatic heterocycles. The van der Waals surface area contributed by atoms with Crippen LogP contribution < -0.4 is 0 Å². The van der Waals surface area contributed by atoms with Gasteiger partial charge in [-0.3, -0.25) is 0 Å². The quantitative estimate of drug-likeness (QED) is 0.900. The summed E-state index contributed by atoms with van der Waals surface area (Å²) < 4.78 is 51.6. The van der Waals surface area contributed by atoms with Gasteiger partial charge in [0, 0.05) is 18.7 Å². The molecule has 0 bridgehead atoms. The SMILES string of the molecule is O=S(=O)(c1cc(F)cc(F)c1)N1CCC[C@H]1CO. The van der Waals surface area contributed by atoms with Gasteiger partial charge in [-0.25, -0.2) is 17.2 Å². The van der Waals surface area contributed by atoms with Crippen molar-refractivity contribution in [3.63, 3.8) is 0 Å². The molecule has 0 aliphatic carbocycles. The zero-order valence-corrected chi connectivity index (χ0v) is 10.3. The fraction of sp³-hybridized carbons (Fsp3) is 0.455. The van der Waals surface area contributed by atoms with Crippen molar-refractivity contribution >= 4 is 10.0 Å². The second-order valence-electron chi connectivity index (χ2n) is 4.20. The molecule has 0 radical (unpaired) electrons. The molecule has 0 amide bonds. The molecule has 0 unspecified atom stereocenters. The lowest BCUT2D eigenvalue weighted by molar-refractivity contribution is 0.213. The number of benzene rings is 1. The number of halogens is 2. The highest BCUT2D eigenvalue weighted by Crippen LogP contribution is 2.26. The molecular formula is C11H13F2NO3S.